The Kier molecular flexibility index (Phi) is 5.95. The van der Waals surface area contributed by atoms with Crippen LogP contribution in [0.1, 0.15) is 16.8 Å². The summed E-state index contributed by atoms with van der Waals surface area (Å²) in [4.78, 5) is 23.5. The van der Waals surface area contributed by atoms with E-state index in [0.29, 0.717) is 10.6 Å². The SMILES string of the molecule is COC(OC)C(=O)CC(=O)c1ccc(Br)cc1Cl. The highest BCUT2D eigenvalue weighted by atomic mass is 79.9. The van der Waals surface area contributed by atoms with Crippen LogP contribution in [-0.4, -0.2) is 32.1 Å². The summed E-state index contributed by atoms with van der Waals surface area (Å²) in [5, 5.41) is 0.300. The summed E-state index contributed by atoms with van der Waals surface area (Å²) >= 11 is 9.17. The molecular weight excluding hydrogens is 323 g/mol. The minimum atomic E-state index is -1.02. The van der Waals surface area contributed by atoms with Crippen LogP contribution in [0.3, 0.4) is 0 Å². The van der Waals surface area contributed by atoms with E-state index >= 15 is 0 Å². The fourth-order valence-corrected chi connectivity index (χ4v) is 2.19. The number of halogens is 2. The smallest absolute Gasteiger partial charge is 0.217 e. The molecule has 0 amide bonds. The third-order valence-electron chi connectivity index (χ3n) is 2.26. The molecule has 0 unspecified atom stereocenters. The number of Topliss-reactive ketones (excluding diaryl/α,β-unsaturated/α-hetero) is 2. The minimum Gasteiger partial charge on any atom is -0.349 e. The van der Waals surface area contributed by atoms with Crippen molar-refractivity contribution in [3.05, 3.63) is 33.3 Å². The Morgan fingerprint density at radius 1 is 1.33 bits per heavy atom. The number of rotatable bonds is 6. The first-order chi connectivity index (χ1) is 8.49. The second kappa shape index (κ2) is 6.99. The molecule has 0 radical (unpaired) electrons. The average molecular weight is 336 g/mol. The van der Waals surface area contributed by atoms with E-state index in [2.05, 4.69) is 15.9 Å². The zero-order chi connectivity index (χ0) is 13.7. The molecule has 4 nitrogen and oxygen atoms in total. The van der Waals surface area contributed by atoms with E-state index in [0.717, 1.165) is 4.47 Å². The lowest BCUT2D eigenvalue weighted by Crippen LogP contribution is -2.27. The molecule has 0 saturated carbocycles. The predicted octanol–water partition coefficient (Wildman–Crippen LogP) is 2.86. The lowest BCUT2D eigenvalue weighted by atomic mass is 10.1. The van der Waals surface area contributed by atoms with Gasteiger partial charge in [0.15, 0.2) is 11.6 Å². The van der Waals surface area contributed by atoms with Crippen LogP contribution in [-0.2, 0) is 14.3 Å². The van der Waals surface area contributed by atoms with Crippen molar-refractivity contribution in [3.8, 4) is 0 Å². The lowest BCUT2D eigenvalue weighted by molar-refractivity contribution is -0.155. The maximum Gasteiger partial charge on any atom is 0.217 e. The van der Waals surface area contributed by atoms with Crippen LogP contribution in [0, 0.1) is 0 Å². The van der Waals surface area contributed by atoms with Gasteiger partial charge in [0.1, 0.15) is 0 Å². The van der Waals surface area contributed by atoms with Gasteiger partial charge in [-0.3, -0.25) is 9.59 Å². The number of hydrogen-bond acceptors (Lipinski definition) is 4. The molecule has 0 heterocycles. The van der Waals surface area contributed by atoms with Crippen LogP contribution in [0.25, 0.3) is 0 Å². The van der Waals surface area contributed by atoms with E-state index in [1.54, 1.807) is 18.2 Å². The van der Waals surface area contributed by atoms with Gasteiger partial charge in [-0.2, -0.15) is 0 Å². The number of hydrogen-bond donors (Lipinski definition) is 0. The van der Waals surface area contributed by atoms with E-state index in [-0.39, 0.29) is 12.2 Å². The Labute approximate surface area is 118 Å². The molecule has 98 valence electrons. The number of benzene rings is 1. The molecule has 18 heavy (non-hydrogen) atoms. The fraction of sp³-hybridized carbons (Fsp3) is 0.333. The number of carbonyl (C=O) groups is 2. The average Bonchev–Trinajstić information content (AvgIpc) is 2.30. The third-order valence-corrected chi connectivity index (χ3v) is 3.06. The van der Waals surface area contributed by atoms with Gasteiger partial charge in [0.2, 0.25) is 6.29 Å². The Morgan fingerprint density at radius 2 is 1.94 bits per heavy atom. The maximum absolute atomic E-state index is 11.9. The first-order valence-electron chi connectivity index (χ1n) is 5.06. The molecule has 0 aromatic heterocycles. The van der Waals surface area contributed by atoms with Gasteiger partial charge in [0.25, 0.3) is 0 Å². The van der Waals surface area contributed by atoms with Crippen molar-refractivity contribution < 1.29 is 19.1 Å². The van der Waals surface area contributed by atoms with Gasteiger partial charge in [-0.15, -0.1) is 0 Å². The van der Waals surface area contributed by atoms with Crippen LogP contribution < -0.4 is 0 Å². The van der Waals surface area contributed by atoms with E-state index in [1.165, 1.54) is 14.2 Å². The van der Waals surface area contributed by atoms with E-state index in [4.69, 9.17) is 21.1 Å². The van der Waals surface area contributed by atoms with Crippen LogP contribution in [0.15, 0.2) is 22.7 Å². The van der Waals surface area contributed by atoms with Gasteiger partial charge >= 0.3 is 0 Å². The summed E-state index contributed by atoms with van der Waals surface area (Å²) < 4.78 is 10.3. The zero-order valence-corrected chi connectivity index (χ0v) is 12.2. The van der Waals surface area contributed by atoms with Crippen molar-refractivity contribution in [1.29, 1.82) is 0 Å². The van der Waals surface area contributed by atoms with E-state index < -0.39 is 12.1 Å². The largest absolute Gasteiger partial charge is 0.349 e. The van der Waals surface area contributed by atoms with Gasteiger partial charge < -0.3 is 9.47 Å². The minimum absolute atomic E-state index is 0.300. The summed E-state index contributed by atoms with van der Waals surface area (Å²) in [6.07, 6.45) is -1.34. The quantitative estimate of drug-likeness (QED) is 0.456. The van der Waals surface area contributed by atoms with E-state index in [9.17, 15) is 9.59 Å². The predicted molar refractivity (Wildman–Crippen MR) is 70.9 cm³/mol. The first-order valence-corrected chi connectivity index (χ1v) is 6.23. The molecule has 0 atom stereocenters. The van der Waals surface area contributed by atoms with Crippen LogP contribution in [0.2, 0.25) is 5.02 Å². The monoisotopic (exact) mass is 334 g/mol. The van der Waals surface area contributed by atoms with Gasteiger partial charge in [0.05, 0.1) is 11.4 Å². The summed E-state index contributed by atoms with van der Waals surface area (Å²) in [6, 6.07) is 4.85. The molecule has 0 fully saturated rings. The molecule has 0 aliphatic carbocycles. The Balaban J connectivity index is 2.79. The maximum atomic E-state index is 11.9. The van der Waals surface area contributed by atoms with Crippen LogP contribution in [0.4, 0.5) is 0 Å². The molecule has 1 rings (SSSR count). The molecule has 1 aromatic rings. The summed E-state index contributed by atoms with van der Waals surface area (Å²) in [5.41, 5.74) is 0.305. The molecule has 1 aromatic carbocycles. The van der Waals surface area contributed by atoms with Crippen molar-refractivity contribution in [2.45, 2.75) is 12.7 Å². The highest BCUT2D eigenvalue weighted by Gasteiger charge is 2.22. The molecule has 0 aliphatic heterocycles. The number of ketones is 2. The van der Waals surface area contributed by atoms with E-state index in [1.807, 2.05) is 0 Å². The van der Waals surface area contributed by atoms with Gasteiger partial charge in [-0.1, -0.05) is 27.5 Å². The lowest BCUT2D eigenvalue weighted by Gasteiger charge is -2.11. The Bertz CT molecular complexity index is 457. The summed E-state index contributed by atoms with van der Waals surface area (Å²) in [5.74, 6) is -0.805. The van der Waals surface area contributed by atoms with Crippen molar-refractivity contribution in [2.75, 3.05) is 14.2 Å². The number of carbonyl (C=O) groups excluding carboxylic acids is 2. The zero-order valence-electron chi connectivity index (χ0n) is 9.91. The highest BCUT2D eigenvalue weighted by molar-refractivity contribution is 9.10. The van der Waals surface area contributed by atoms with Crippen molar-refractivity contribution in [3.63, 3.8) is 0 Å². The molecular formula is C12H12BrClO4. The Hall–Kier alpha value is -0.750. The van der Waals surface area contributed by atoms with Crippen LogP contribution in [0.5, 0.6) is 0 Å². The van der Waals surface area contributed by atoms with Gasteiger partial charge in [-0.25, -0.2) is 0 Å². The standard InChI is InChI=1S/C12H12BrClO4/c1-17-12(18-2)11(16)6-10(15)8-4-3-7(13)5-9(8)14/h3-5,12H,6H2,1-2H3. The van der Waals surface area contributed by atoms with Gasteiger partial charge in [0, 0.05) is 24.3 Å². The van der Waals surface area contributed by atoms with Crippen LogP contribution >= 0.6 is 27.5 Å². The fourth-order valence-electron chi connectivity index (χ4n) is 1.41. The molecule has 6 heteroatoms. The molecule has 0 aliphatic rings. The topological polar surface area (TPSA) is 52.6 Å². The Morgan fingerprint density at radius 3 is 2.44 bits per heavy atom. The highest BCUT2D eigenvalue weighted by Crippen LogP contribution is 2.22. The summed E-state index contributed by atoms with van der Waals surface area (Å²) in [6.45, 7) is 0. The molecule has 0 saturated heterocycles. The van der Waals surface area contributed by atoms with Gasteiger partial charge in [-0.05, 0) is 18.2 Å². The van der Waals surface area contributed by atoms with Crippen molar-refractivity contribution in [2.24, 2.45) is 0 Å². The second-order valence-corrected chi connectivity index (χ2v) is 4.82. The third kappa shape index (κ3) is 3.88. The molecule has 0 bridgehead atoms. The normalized spacial score (nSPS) is 10.7. The molecule has 0 N–H and O–H groups in total. The summed E-state index contributed by atoms with van der Waals surface area (Å²) in [7, 11) is 2.67. The molecule has 0 spiro atoms. The van der Waals surface area contributed by atoms with Crippen molar-refractivity contribution in [1.82, 2.24) is 0 Å². The second-order valence-electron chi connectivity index (χ2n) is 3.49. The van der Waals surface area contributed by atoms with Crippen molar-refractivity contribution >= 4 is 39.1 Å². The number of methoxy groups -OCH3 is 2. The first kappa shape index (κ1) is 15.3. The number of ether oxygens (including phenoxy) is 2.